The van der Waals surface area contributed by atoms with Crippen LogP contribution >= 0.6 is 15.9 Å². The molecule has 7 nitrogen and oxygen atoms in total. The Morgan fingerprint density at radius 2 is 2.04 bits per heavy atom. The van der Waals surface area contributed by atoms with Crippen molar-refractivity contribution >= 4 is 21.8 Å². The molecule has 1 aromatic carbocycles. The Labute approximate surface area is 158 Å². The number of ether oxygens (including phenoxy) is 1. The van der Waals surface area contributed by atoms with Crippen LogP contribution in [0.2, 0.25) is 0 Å². The van der Waals surface area contributed by atoms with E-state index in [2.05, 4.69) is 31.1 Å². The molecule has 3 heterocycles. The molecular formula is C18H15BrN4O3. The van der Waals surface area contributed by atoms with E-state index in [0.29, 0.717) is 36.1 Å². The third-order valence-electron chi connectivity index (χ3n) is 4.30. The first-order chi connectivity index (χ1) is 12.7. The molecule has 1 saturated heterocycles. The van der Waals surface area contributed by atoms with Gasteiger partial charge in [0.25, 0.3) is 5.91 Å². The number of nitrogens with zero attached hydrogens (tertiary/aromatic N) is 4. The largest absolute Gasteiger partial charge is 0.497 e. The van der Waals surface area contributed by atoms with Crippen molar-refractivity contribution in [3.8, 4) is 17.1 Å². The number of amides is 1. The minimum atomic E-state index is -0.0547. The van der Waals surface area contributed by atoms with Crippen molar-refractivity contribution in [1.82, 2.24) is 20.0 Å². The summed E-state index contributed by atoms with van der Waals surface area (Å²) in [5.74, 6) is 1.72. The summed E-state index contributed by atoms with van der Waals surface area (Å²) in [6.45, 7) is 1.08. The highest BCUT2D eigenvalue weighted by atomic mass is 79.9. The Bertz CT molecular complexity index is 939. The number of pyridine rings is 1. The number of halogens is 1. The Balaban J connectivity index is 1.44. The van der Waals surface area contributed by atoms with Gasteiger partial charge in [-0.1, -0.05) is 5.16 Å². The van der Waals surface area contributed by atoms with Crippen molar-refractivity contribution in [3.63, 3.8) is 0 Å². The molecule has 0 N–H and O–H groups in total. The summed E-state index contributed by atoms with van der Waals surface area (Å²) < 4.78 is 11.3. The maximum Gasteiger partial charge on any atom is 0.255 e. The lowest BCUT2D eigenvalue weighted by atomic mass is 9.98. The molecule has 0 radical (unpaired) electrons. The molecule has 4 rings (SSSR count). The van der Waals surface area contributed by atoms with Gasteiger partial charge < -0.3 is 14.2 Å². The molecule has 8 heteroatoms. The predicted molar refractivity (Wildman–Crippen MR) is 96.9 cm³/mol. The second kappa shape index (κ2) is 6.87. The van der Waals surface area contributed by atoms with Crippen LogP contribution in [-0.4, -0.2) is 46.1 Å². The molecule has 0 atom stereocenters. The van der Waals surface area contributed by atoms with Crippen molar-refractivity contribution in [2.24, 2.45) is 0 Å². The first kappa shape index (κ1) is 16.7. The van der Waals surface area contributed by atoms with Crippen molar-refractivity contribution in [3.05, 3.63) is 58.7 Å². The topological polar surface area (TPSA) is 81.4 Å². The minimum Gasteiger partial charge on any atom is -0.497 e. The van der Waals surface area contributed by atoms with Gasteiger partial charge >= 0.3 is 0 Å². The summed E-state index contributed by atoms with van der Waals surface area (Å²) in [4.78, 5) is 22.9. The van der Waals surface area contributed by atoms with Crippen LogP contribution in [-0.2, 0) is 0 Å². The fraction of sp³-hybridized carbons (Fsp3) is 0.222. The molecule has 2 aromatic heterocycles. The third kappa shape index (κ3) is 3.08. The average Bonchev–Trinajstić information content (AvgIpc) is 3.11. The lowest BCUT2D eigenvalue weighted by Crippen LogP contribution is -2.48. The highest BCUT2D eigenvalue weighted by molar-refractivity contribution is 9.10. The van der Waals surface area contributed by atoms with E-state index in [4.69, 9.17) is 9.26 Å². The Morgan fingerprint density at radius 1 is 1.27 bits per heavy atom. The van der Waals surface area contributed by atoms with Gasteiger partial charge in [-0.05, 0) is 46.3 Å². The number of benzene rings is 1. The van der Waals surface area contributed by atoms with Gasteiger partial charge in [-0.15, -0.1) is 0 Å². The van der Waals surface area contributed by atoms with Crippen molar-refractivity contribution in [2.75, 3.05) is 20.2 Å². The average molecular weight is 415 g/mol. The van der Waals surface area contributed by atoms with E-state index in [9.17, 15) is 4.79 Å². The van der Waals surface area contributed by atoms with Crippen LogP contribution in [0.3, 0.4) is 0 Å². The minimum absolute atomic E-state index is 0.0476. The summed E-state index contributed by atoms with van der Waals surface area (Å²) in [6, 6.07) is 8.99. The van der Waals surface area contributed by atoms with Crippen LogP contribution in [0.5, 0.6) is 5.75 Å². The molecule has 132 valence electrons. The summed E-state index contributed by atoms with van der Waals surface area (Å²) in [5.41, 5.74) is 1.42. The fourth-order valence-electron chi connectivity index (χ4n) is 2.79. The summed E-state index contributed by atoms with van der Waals surface area (Å²) in [6.07, 6.45) is 3.36. The number of likely N-dealkylation sites (tertiary alicyclic amines) is 1. The van der Waals surface area contributed by atoms with Gasteiger partial charge in [0.2, 0.25) is 11.7 Å². The third-order valence-corrected chi connectivity index (χ3v) is 4.99. The Hall–Kier alpha value is -2.74. The molecule has 1 fully saturated rings. The standard InChI is InChI=1S/C18H15BrN4O3/c1-25-13-2-3-15(19)14(8-13)18(24)23-9-12(10-23)17-21-16(22-26-17)11-4-6-20-7-5-11/h2-8,12H,9-10H2,1H3. The van der Waals surface area contributed by atoms with Gasteiger partial charge in [0, 0.05) is 35.5 Å². The number of rotatable bonds is 4. The van der Waals surface area contributed by atoms with E-state index < -0.39 is 0 Å². The van der Waals surface area contributed by atoms with Gasteiger partial charge in [-0.25, -0.2) is 0 Å². The number of methoxy groups -OCH3 is 1. The highest BCUT2D eigenvalue weighted by Gasteiger charge is 2.36. The number of carbonyl (C=O) groups is 1. The first-order valence-electron chi connectivity index (χ1n) is 8.02. The van der Waals surface area contributed by atoms with Crippen LogP contribution in [0.15, 0.2) is 51.7 Å². The quantitative estimate of drug-likeness (QED) is 0.651. The van der Waals surface area contributed by atoms with E-state index in [1.54, 1.807) is 36.5 Å². The molecule has 0 spiro atoms. The lowest BCUT2D eigenvalue weighted by Gasteiger charge is -2.37. The molecule has 1 aliphatic rings. The molecule has 26 heavy (non-hydrogen) atoms. The maximum absolute atomic E-state index is 12.7. The second-order valence-corrected chi connectivity index (χ2v) is 6.80. The molecule has 0 bridgehead atoms. The molecule has 0 aliphatic carbocycles. The Kier molecular flexibility index (Phi) is 4.42. The number of hydrogen-bond acceptors (Lipinski definition) is 6. The van der Waals surface area contributed by atoms with Crippen LogP contribution in [0.25, 0.3) is 11.4 Å². The zero-order valence-corrected chi connectivity index (χ0v) is 15.5. The zero-order valence-electron chi connectivity index (χ0n) is 13.9. The molecular weight excluding hydrogens is 400 g/mol. The zero-order chi connectivity index (χ0) is 18.1. The molecule has 0 saturated carbocycles. The predicted octanol–water partition coefficient (Wildman–Crippen LogP) is 3.14. The van der Waals surface area contributed by atoms with E-state index in [-0.39, 0.29) is 11.8 Å². The molecule has 3 aromatic rings. The van der Waals surface area contributed by atoms with E-state index in [1.807, 2.05) is 18.2 Å². The smallest absolute Gasteiger partial charge is 0.255 e. The fourth-order valence-corrected chi connectivity index (χ4v) is 3.20. The summed E-state index contributed by atoms with van der Waals surface area (Å²) >= 11 is 3.42. The van der Waals surface area contributed by atoms with Crippen LogP contribution in [0, 0.1) is 0 Å². The van der Waals surface area contributed by atoms with Crippen molar-refractivity contribution in [2.45, 2.75) is 5.92 Å². The van der Waals surface area contributed by atoms with Gasteiger partial charge in [0.15, 0.2) is 0 Å². The van der Waals surface area contributed by atoms with Crippen LogP contribution < -0.4 is 4.74 Å². The first-order valence-corrected chi connectivity index (χ1v) is 8.82. The lowest BCUT2D eigenvalue weighted by molar-refractivity contribution is 0.0568. The highest BCUT2D eigenvalue weighted by Crippen LogP contribution is 2.31. The van der Waals surface area contributed by atoms with Gasteiger partial charge in [-0.3, -0.25) is 9.78 Å². The Morgan fingerprint density at radius 3 is 2.77 bits per heavy atom. The summed E-state index contributed by atoms with van der Waals surface area (Å²) in [7, 11) is 1.58. The van der Waals surface area contributed by atoms with E-state index in [1.165, 1.54) is 0 Å². The van der Waals surface area contributed by atoms with Crippen molar-refractivity contribution in [1.29, 1.82) is 0 Å². The second-order valence-electron chi connectivity index (χ2n) is 5.94. The SMILES string of the molecule is COc1ccc(Br)c(C(=O)N2CC(c3nc(-c4ccncc4)no3)C2)c1. The van der Waals surface area contributed by atoms with Crippen molar-refractivity contribution < 1.29 is 14.1 Å². The van der Waals surface area contributed by atoms with Crippen LogP contribution in [0.1, 0.15) is 22.2 Å². The van der Waals surface area contributed by atoms with E-state index in [0.717, 1.165) is 10.0 Å². The van der Waals surface area contributed by atoms with Gasteiger partial charge in [0.05, 0.1) is 18.6 Å². The molecule has 0 unspecified atom stereocenters. The molecule has 1 amide bonds. The summed E-state index contributed by atoms with van der Waals surface area (Å²) in [5, 5.41) is 4.01. The van der Waals surface area contributed by atoms with Gasteiger partial charge in [0.1, 0.15) is 5.75 Å². The van der Waals surface area contributed by atoms with Gasteiger partial charge in [-0.2, -0.15) is 4.98 Å². The van der Waals surface area contributed by atoms with E-state index >= 15 is 0 Å². The monoisotopic (exact) mass is 414 g/mol. The number of hydrogen-bond donors (Lipinski definition) is 0. The van der Waals surface area contributed by atoms with Crippen LogP contribution in [0.4, 0.5) is 0 Å². The molecule has 1 aliphatic heterocycles. The normalized spacial score (nSPS) is 14.2. The number of carbonyl (C=O) groups excluding carboxylic acids is 1. The maximum atomic E-state index is 12.7. The number of aromatic nitrogens is 3.